The lowest BCUT2D eigenvalue weighted by Crippen LogP contribution is -2.56. The van der Waals surface area contributed by atoms with Crippen LogP contribution in [0.5, 0.6) is 0 Å². The van der Waals surface area contributed by atoms with E-state index in [0.29, 0.717) is 0 Å². The summed E-state index contributed by atoms with van der Waals surface area (Å²) >= 11 is 0. The van der Waals surface area contributed by atoms with Crippen molar-refractivity contribution in [2.45, 2.75) is 58.9 Å². The second-order valence-corrected chi connectivity index (χ2v) is 12.6. The van der Waals surface area contributed by atoms with E-state index in [9.17, 15) is 0 Å². The fourth-order valence-electron chi connectivity index (χ4n) is 2.61. The van der Waals surface area contributed by atoms with Gasteiger partial charge in [0.1, 0.15) is 8.24 Å². The summed E-state index contributed by atoms with van der Waals surface area (Å²) in [7, 11) is -1.58. The van der Waals surface area contributed by atoms with Crippen molar-refractivity contribution in [3.63, 3.8) is 0 Å². The number of hydrogen-bond acceptors (Lipinski definition) is 1. The highest BCUT2D eigenvalue weighted by Crippen LogP contribution is 2.25. The Morgan fingerprint density at radius 3 is 1.38 bits per heavy atom. The predicted molar refractivity (Wildman–Crippen MR) is 68.5 cm³/mol. The number of rotatable bonds is 6. The molecule has 0 radical (unpaired) electrons. The summed E-state index contributed by atoms with van der Waals surface area (Å²) in [5, 5.41) is 0. The molecule has 0 aromatic carbocycles. The Bertz CT molecular complexity index is 125. The Kier molecular flexibility index (Phi) is 6.17. The van der Waals surface area contributed by atoms with Crippen molar-refractivity contribution in [1.29, 1.82) is 0 Å². The van der Waals surface area contributed by atoms with Crippen LogP contribution in [0.2, 0.25) is 31.2 Å². The molecule has 0 saturated carbocycles. The molecule has 0 heterocycles. The summed E-state index contributed by atoms with van der Waals surface area (Å²) in [5.74, 6) is 0. The van der Waals surface area contributed by atoms with Gasteiger partial charge in [-0.05, 0) is 24.7 Å². The molecule has 0 saturated heterocycles. The summed E-state index contributed by atoms with van der Waals surface area (Å²) in [6.45, 7) is 15.8. The van der Waals surface area contributed by atoms with Crippen molar-refractivity contribution in [1.82, 2.24) is 4.23 Å². The van der Waals surface area contributed by atoms with E-state index < -0.39 is 17.2 Å². The Morgan fingerprint density at radius 2 is 1.31 bits per heavy atom. The second-order valence-electron chi connectivity index (χ2n) is 4.16. The van der Waals surface area contributed by atoms with Gasteiger partial charge >= 0.3 is 0 Å². The molecule has 0 aliphatic carbocycles. The summed E-state index contributed by atoms with van der Waals surface area (Å²) in [4.78, 5) is 0. The predicted octanol–water partition coefficient (Wildman–Crippen LogP) is 3.30. The van der Waals surface area contributed by atoms with Crippen molar-refractivity contribution in [2.75, 3.05) is 6.54 Å². The zero-order valence-corrected chi connectivity index (χ0v) is 12.5. The summed E-state index contributed by atoms with van der Waals surface area (Å²) in [6, 6.07) is 4.33. The van der Waals surface area contributed by atoms with Crippen LogP contribution in [0.4, 0.5) is 0 Å². The first-order valence-corrected chi connectivity index (χ1v) is 11.2. The minimum Gasteiger partial charge on any atom is -0.348 e. The normalized spacial score (nSPS) is 12.9. The number of nitrogens with zero attached hydrogens (tertiary/aromatic N) is 1. The fourth-order valence-corrected chi connectivity index (χ4v) is 12.8. The van der Waals surface area contributed by atoms with Gasteiger partial charge in [-0.1, -0.05) is 40.8 Å². The molecule has 0 rings (SSSR count). The standard InChI is InChI=1S/C10H27NSi2/c1-7-11(12(5)6)13(8-2,9-3)10-4/h12H,7-10H2,1-6H3. The Hall–Kier alpha value is 0.394. The lowest BCUT2D eigenvalue weighted by molar-refractivity contribution is 0.643. The van der Waals surface area contributed by atoms with E-state index in [0.717, 1.165) is 0 Å². The molecule has 0 aromatic heterocycles. The fraction of sp³-hybridized carbons (Fsp3) is 1.00. The van der Waals surface area contributed by atoms with Gasteiger partial charge in [0.15, 0.2) is 0 Å². The minimum absolute atomic E-state index is 0.568. The van der Waals surface area contributed by atoms with Gasteiger partial charge in [0.05, 0.1) is 8.96 Å². The van der Waals surface area contributed by atoms with Crippen LogP contribution in [-0.2, 0) is 0 Å². The average Bonchev–Trinajstić information content (AvgIpc) is 2.13. The molecule has 0 aliphatic heterocycles. The largest absolute Gasteiger partial charge is 0.348 e. The van der Waals surface area contributed by atoms with E-state index >= 15 is 0 Å². The molecule has 0 spiro atoms. The highest BCUT2D eigenvalue weighted by atomic mass is 28.4. The SMILES string of the molecule is CCN([SiH](C)C)[Si](CC)(CC)CC. The van der Waals surface area contributed by atoms with Gasteiger partial charge in [-0.25, -0.2) is 0 Å². The van der Waals surface area contributed by atoms with Crippen LogP contribution in [-0.4, -0.2) is 28.0 Å². The lowest BCUT2D eigenvalue weighted by atomic mass is 10.8. The highest BCUT2D eigenvalue weighted by Gasteiger charge is 2.34. The molecular formula is C10H27NSi2. The van der Waals surface area contributed by atoms with Gasteiger partial charge in [-0.3, -0.25) is 0 Å². The van der Waals surface area contributed by atoms with Crippen molar-refractivity contribution >= 4 is 17.2 Å². The van der Waals surface area contributed by atoms with Crippen molar-refractivity contribution in [2.24, 2.45) is 0 Å². The van der Waals surface area contributed by atoms with Crippen LogP contribution >= 0.6 is 0 Å². The lowest BCUT2D eigenvalue weighted by Gasteiger charge is -2.43. The Labute approximate surface area is 87.3 Å². The molecule has 0 N–H and O–H groups in total. The van der Waals surface area contributed by atoms with Crippen molar-refractivity contribution in [3.8, 4) is 0 Å². The summed E-state index contributed by atoms with van der Waals surface area (Å²) in [6.07, 6.45) is 0. The molecule has 0 fully saturated rings. The third kappa shape index (κ3) is 2.93. The van der Waals surface area contributed by atoms with E-state index in [1.165, 1.54) is 24.7 Å². The van der Waals surface area contributed by atoms with Gasteiger partial charge < -0.3 is 4.23 Å². The Morgan fingerprint density at radius 1 is 0.923 bits per heavy atom. The zero-order valence-electron chi connectivity index (χ0n) is 10.4. The van der Waals surface area contributed by atoms with Crippen LogP contribution in [0.25, 0.3) is 0 Å². The van der Waals surface area contributed by atoms with Crippen LogP contribution in [0.1, 0.15) is 27.7 Å². The molecule has 0 aliphatic rings. The molecule has 0 bridgehead atoms. The van der Waals surface area contributed by atoms with E-state index in [-0.39, 0.29) is 0 Å². The smallest absolute Gasteiger partial charge is 0.120 e. The van der Waals surface area contributed by atoms with E-state index in [2.05, 4.69) is 45.0 Å². The summed E-state index contributed by atoms with van der Waals surface area (Å²) < 4.78 is 2.92. The molecule has 1 nitrogen and oxygen atoms in total. The van der Waals surface area contributed by atoms with Gasteiger partial charge in [-0.15, -0.1) is 0 Å². The van der Waals surface area contributed by atoms with Gasteiger partial charge in [0, 0.05) is 0 Å². The maximum absolute atomic E-state index is 2.92. The highest BCUT2D eigenvalue weighted by molar-refractivity contribution is 6.85. The quantitative estimate of drug-likeness (QED) is 0.617. The van der Waals surface area contributed by atoms with Gasteiger partial charge in [-0.2, -0.15) is 0 Å². The molecular weight excluding hydrogens is 190 g/mol. The van der Waals surface area contributed by atoms with Crippen LogP contribution < -0.4 is 0 Å². The van der Waals surface area contributed by atoms with Crippen LogP contribution in [0.3, 0.4) is 0 Å². The topological polar surface area (TPSA) is 3.24 Å². The van der Waals surface area contributed by atoms with Gasteiger partial charge in [0.2, 0.25) is 0 Å². The minimum atomic E-state index is -1.01. The van der Waals surface area contributed by atoms with Crippen molar-refractivity contribution < 1.29 is 0 Å². The summed E-state index contributed by atoms with van der Waals surface area (Å²) in [5.41, 5.74) is 0. The first kappa shape index (κ1) is 13.4. The third-order valence-corrected chi connectivity index (χ3v) is 13.8. The molecule has 80 valence electrons. The maximum Gasteiger partial charge on any atom is 0.120 e. The van der Waals surface area contributed by atoms with Crippen LogP contribution in [0.15, 0.2) is 0 Å². The molecule has 0 aromatic rings. The monoisotopic (exact) mass is 217 g/mol. The van der Waals surface area contributed by atoms with E-state index in [1.807, 2.05) is 0 Å². The number of hydrogen-bond donors (Lipinski definition) is 0. The first-order valence-electron chi connectivity index (χ1n) is 5.84. The Balaban J connectivity index is 4.65. The van der Waals surface area contributed by atoms with E-state index in [1.54, 1.807) is 0 Å². The zero-order chi connectivity index (χ0) is 10.5. The van der Waals surface area contributed by atoms with E-state index in [4.69, 9.17) is 0 Å². The molecule has 3 heteroatoms. The average molecular weight is 218 g/mol. The van der Waals surface area contributed by atoms with Gasteiger partial charge in [0.25, 0.3) is 0 Å². The second kappa shape index (κ2) is 5.99. The molecule has 0 atom stereocenters. The molecule has 0 amide bonds. The van der Waals surface area contributed by atoms with Crippen LogP contribution in [0, 0.1) is 0 Å². The molecule has 13 heavy (non-hydrogen) atoms. The van der Waals surface area contributed by atoms with Crippen molar-refractivity contribution in [3.05, 3.63) is 0 Å². The maximum atomic E-state index is 2.92. The first-order chi connectivity index (χ1) is 6.07. The molecule has 0 unspecified atom stereocenters. The third-order valence-electron chi connectivity index (χ3n) is 3.55.